The summed E-state index contributed by atoms with van der Waals surface area (Å²) in [7, 11) is -5.46. The lowest BCUT2D eigenvalue weighted by Crippen LogP contribution is -2.35. The smallest absolute Gasteiger partial charge is 0.243 e. The molecule has 2 aromatic carbocycles. The molecule has 0 aromatic heterocycles. The summed E-state index contributed by atoms with van der Waals surface area (Å²) in [5.74, 6) is 0.919. The van der Waals surface area contributed by atoms with E-state index < -0.39 is 20.0 Å². The molecule has 1 heterocycles. The fourth-order valence-electron chi connectivity index (χ4n) is 4.03. The summed E-state index contributed by atoms with van der Waals surface area (Å²) in [6, 6.07) is 13.0. The number of carbonyl (C=O) groups excluding carboxylic acids is 1. The predicted molar refractivity (Wildman–Crippen MR) is 142 cm³/mol. The highest BCUT2D eigenvalue weighted by molar-refractivity contribution is 7.92. The Labute approximate surface area is 219 Å². The Kier molecular flexibility index (Phi) is 10.2. The highest BCUT2D eigenvalue weighted by Crippen LogP contribution is 2.23. The number of hydrogen-bond donors (Lipinski definition) is 1. The van der Waals surface area contributed by atoms with E-state index in [1.54, 1.807) is 36.4 Å². The van der Waals surface area contributed by atoms with Gasteiger partial charge in [-0.1, -0.05) is 6.42 Å². The van der Waals surface area contributed by atoms with Crippen molar-refractivity contribution in [1.82, 2.24) is 9.62 Å². The third-order valence-corrected chi connectivity index (χ3v) is 9.10. The maximum Gasteiger partial charge on any atom is 0.243 e. The molecule has 0 saturated carbocycles. The van der Waals surface area contributed by atoms with Gasteiger partial charge in [0.05, 0.1) is 30.5 Å². The number of nitrogens with zero attached hydrogens (tertiary/aromatic N) is 2. The number of piperidine rings is 1. The summed E-state index contributed by atoms with van der Waals surface area (Å²) in [4.78, 5) is 12.4. The molecule has 0 atom stereocenters. The number of ether oxygens (including phenoxy) is 2. The Balaban J connectivity index is 1.40. The van der Waals surface area contributed by atoms with Crippen LogP contribution in [0.4, 0.5) is 5.69 Å². The Morgan fingerprint density at radius 2 is 1.57 bits per heavy atom. The Morgan fingerprint density at radius 1 is 0.946 bits per heavy atom. The Morgan fingerprint density at radius 3 is 2.16 bits per heavy atom. The van der Waals surface area contributed by atoms with Gasteiger partial charge in [-0.3, -0.25) is 9.10 Å². The molecule has 204 valence electrons. The van der Waals surface area contributed by atoms with Crippen molar-refractivity contribution in [3.63, 3.8) is 0 Å². The lowest BCUT2D eigenvalue weighted by molar-refractivity contribution is -0.121. The standard InChI is InChI=1S/C25H35N3O7S2/c1-34-22-10-8-21(9-11-22)28(36(2,30)31)19-6-7-25(29)26-16-20-35-23-12-14-24(15-13-23)37(32,33)27-17-4-3-5-18-27/h8-15H,3-7,16-20H2,1-2H3,(H,26,29). The zero-order valence-electron chi connectivity index (χ0n) is 21.3. The van der Waals surface area contributed by atoms with Gasteiger partial charge in [0.2, 0.25) is 26.0 Å². The van der Waals surface area contributed by atoms with Gasteiger partial charge in [0, 0.05) is 26.1 Å². The van der Waals surface area contributed by atoms with Crippen LogP contribution in [0.1, 0.15) is 32.1 Å². The van der Waals surface area contributed by atoms with Gasteiger partial charge in [-0.05, 0) is 67.8 Å². The number of benzene rings is 2. The zero-order chi connectivity index (χ0) is 26.9. The highest BCUT2D eigenvalue weighted by atomic mass is 32.2. The molecule has 1 aliphatic rings. The summed E-state index contributed by atoms with van der Waals surface area (Å²) < 4.78 is 63.4. The summed E-state index contributed by atoms with van der Waals surface area (Å²) in [6.07, 6.45) is 4.45. The summed E-state index contributed by atoms with van der Waals surface area (Å²) in [5.41, 5.74) is 0.506. The first-order valence-electron chi connectivity index (χ1n) is 12.2. The van der Waals surface area contributed by atoms with Crippen LogP contribution in [0.15, 0.2) is 53.4 Å². The van der Waals surface area contributed by atoms with Crippen LogP contribution in [0.25, 0.3) is 0 Å². The molecule has 1 saturated heterocycles. The van der Waals surface area contributed by atoms with E-state index in [4.69, 9.17) is 9.47 Å². The number of amides is 1. The van der Waals surface area contributed by atoms with Crippen molar-refractivity contribution in [2.75, 3.05) is 50.5 Å². The summed E-state index contributed by atoms with van der Waals surface area (Å²) in [6.45, 7) is 1.75. The normalized spacial score (nSPS) is 14.6. The minimum absolute atomic E-state index is 0.158. The molecule has 0 aliphatic carbocycles. The number of methoxy groups -OCH3 is 1. The lowest BCUT2D eigenvalue weighted by Gasteiger charge is -2.25. The SMILES string of the molecule is COc1ccc(N(CCCC(=O)NCCOc2ccc(S(=O)(=O)N3CCCCC3)cc2)S(C)(=O)=O)cc1. The number of nitrogens with one attached hydrogen (secondary N) is 1. The van der Waals surface area contributed by atoms with Crippen molar-refractivity contribution in [1.29, 1.82) is 0 Å². The van der Waals surface area contributed by atoms with E-state index in [-0.39, 0.29) is 36.9 Å². The molecule has 37 heavy (non-hydrogen) atoms. The molecular formula is C25H35N3O7S2. The van der Waals surface area contributed by atoms with Crippen LogP contribution < -0.4 is 19.1 Å². The first-order chi connectivity index (χ1) is 17.6. The van der Waals surface area contributed by atoms with Gasteiger partial charge in [0.1, 0.15) is 18.1 Å². The van der Waals surface area contributed by atoms with Gasteiger partial charge >= 0.3 is 0 Å². The molecule has 0 radical (unpaired) electrons. The van der Waals surface area contributed by atoms with E-state index >= 15 is 0 Å². The third-order valence-electron chi connectivity index (χ3n) is 6.00. The first-order valence-corrected chi connectivity index (χ1v) is 15.5. The number of rotatable bonds is 13. The third kappa shape index (κ3) is 8.34. The second-order valence-corrected chi connectivity index (χ2v) is 12.6. The maximum absolute atomic E-state index is 12.7. The van der Waals surface area contributed by atoms with E-state index in [2.05, 4.69) is 5.32 Å². The maximum atomic E-state index is 12.7. The number of anilines is 1. The zero-order valence-corrected chi connectivity index (χ0v) is 22.9. The van der Waals surface area contributed by atoms with Gasteiger partial charge in [-0.25, -0.2) is 16.8 Å². The van der Waals surface area contributed by atoms with Gasteiger partial charge < -0.3 is 14.8 Å². The molecule has 3 rings (SSSR count). The van der Waals surface area contributed by atoms with Gasteiger partial charge in [0.25, 0.3) is 0 Å². The number of carbonyl (C=O) groups is 1. The molecule has 1 amide bonds. The summed E-state index contributed by atoms with van der Waals surface area (Å²) in [5, 5.41) is 2.75. The average Bonchev–Trinajstić information content (AvgIpc) is 2.89. The molecule has 0 unspecified atom stereocenters. The monoisotopic (exact) mass is 553 g/mol. The molecule has 1 aliphatic heterocycles. The van der Waals surface area contributed by atoms with Crippen molar-refractivity contribution < 1.29 is 31.1 Å². The van der Waals surface area contributed by atoms with Crippen molar-refractivity contribution in [2.24, 2.45) is 0 Å². The van der Waals surface area contributed by atoms with Gasteiger partial charge in [0.15, 0.2) is 0 Å². The molecule has 1 fully saturated rings. The van der Waals surface area contributed by atoms with E-state index in [9.17, 15) is 21.6 Å². The molecule has 1 N–H and O–H groups in total. The first kappa shape index (κ1) is 28.7. The average molecular weight is 554 g/mol. The molecule has 0 spiro atoms. The van der Waals surface area contributed by atoms with Crippen LogP contribution in [0.5, 0.6) is 11.5 Å². The van der Waals surface area contributed by atoms with Crippen molar-refractivity contribution >= 4 is 31.6 Å². The van der Waals surface area contributed by atoms with Crippen molar-refractivity contribution in [3.8, 4) is 11.5 Å². The number of sulfonamides is 2. The van der Waals surface area contributed by atoms with Crippen LogP contribution in [-0.2, 0) is 24.8 Å². The molecule has 12 heteroatoms. The highest BCUT2D eigenvalue weighted by Gasteiger charge is 2.25. The van der Waals surface area contributed by atoms with Crippen molar-refractivity contribution in [3.05, 3.63) is 48.5 Å². The van der Waals surface area contributed by atoms with E-state index in [0.29, 0.717) is 36.7 Å². The fourth-order valence-corrected chi connectivity index (χ4v) is 6.51. The van der Waals surface area contributed by atoms with Crippen LogP contribution in [0, 0.1) is 0 Å². The van der Waals surface area contributed by atoms with Crippen molar-refractivity contribution in [2.45, 2.75) is 37.0 Å². The van der Waals surface area contributed by atoms with Gasteiger partial charge in [-0.2, -0.15) is 4.31 Å². The van der Waals surface area contributed by atoms with Crippen LogP contribution in [-0.4, -0.2) is 73.2 Å². The lowest BCUT2D eigenvalue weighted by atomic mass is 10.2. The van der Waals surface area contributed by atoms with E-state index in [1.165, 1.54) is 27.9 Å². The molecular weight excluding hydrogens is 518 g/mol. The van der Waals surface area contributed by atoms with E-state index in [1.807, 2.05) is 0 Å². The Hall–Kier alpha value is -2.83. The van der Waals surface area contributed by atoms with Crippen LogP contribution in [0.2, 0.25) is 0 Å². The number of hydrogen-bond acceptors (Lipinski definition) is 7. The van der Waals surface area contributed by atoms with Gasteiger partial charge in [-0.15, -0.1) is 0 Å². The molecule has 0 bridgehead atoms. The molecule has 10 nitrogen and oxygen atoms in total. The van der Waals surface area contributed by atoms with Crippen LogP contribution >= 0.6 is 0 Å². The fraction of sp³-hybridized carbons (Fsp3) is 0.480. The largest absolute Gasteiger partial charge is 0.497 e. The topological polar surface area (TPSA) is 122 Å². The second-order valence-electron chi connectivity index (χ2n) is 8.77. The minimum atomic E-state index is -3.51. The quantitative estimate of drug-likeness (QED) is 0.378. The molecule has 2 aromatic rings. The van der Waals surface area contributed by atoms with Crippen LogP contribution in [0.3, 0.4) is 0 Å². The second kappa shape index (κ2) is 13.1. The minimum Gasteiger partial charge on any atom is -0.497 e. The predicted octanol–water partition coefficient (Wildman–Crippen LogP) is 2.61. The van der Waals surface area contributed by atoms with E-state index in [0.717, 1.165) is 25.5 Å². The summed E-state index contributed by atoms with van der Waals surface area (Å²) >= 11 is 0. The Bertz CT molecular complexity index is 1230.